The van der Waals surface area contributed by atoms with Crippen molar-refractivity contribution in [3.8, 4) is 0 Å². The van der Waals surface area contributed by atoms with Crippen molar-refractivity contribution in [2.45, 2.75) is 55.6 Å². The molecule has 4 aromatic heterocycles. The van der Waals surface area contributed by atoms with Gasteiger partial charge in [0.2, 0.25) is 5.95 Å². The van der Waals surface area contributed by atoms with Crippen molar-refractivity contribution in [1.82, 2.24) is 39.0 Å². The van der Waals surface area contributed by atoms with Crippen molar-refractivity contribution in [3.63, 3.8) is 0 Å². The molecular weight excluding hydrogens is 810 g/mol. The monoisotopic (exact) mass is 846 g/mol. The minimum Gasteiger partial charge on any atom is -0.387 e. The van der Waals surface area contributed by atoms with Gasteiger partial charge in [-0.3, -0.25) is 32.5 Å². The number of aliphatic hydroxyl groups is 2. The summed E-state index contributed by atoms with van der Waals surface area (Å²) in [7, 11) is -9.01. The zero-order valence-corrected chi connectivity index (χ0v) is 31.8. The molecule has 2 aliphatic rings. The summed E-state index contributed by atoms with van der Waals surface area (Å²) in [6, 6.07) is 13.9. The lowest BCUT2D eigenvalue weighted by molar-refractivity contribution is -0.0582. The predicted octanol–water partition coefficient (Wildman–Crippen LogP) is 0.450. The maximum Gasteiger partial charge on any atom is 0.472 e. The summed E-state index contributed by atoms with van der Waals surface area (Å²) in [6.45, 7) is -1.26. The summed E-state index contributed by atoms with van der Waals surface area (Å²) < 4.78 is 60.7. The minimum absolute atomic E-state index is 0.0641. The summed E-state index contributed by atoms with van der Waals surface area (Å²) in [5, 5.41) is 27.0. The van der Waals surface area contributed by atoms with Crippen molar-refractivity contribution < 1.29 is 61.8 Å². The molecule has 2 saturated heterocycles. The molecule has 58 heavy (non-hydrogen) atoms. The lowest BCUT2D eigenvalue weighted by Crippen LogP contribution is -2.38. The first kappa shape index (κ1) is 40.0. The summed E-state index contributed by atoms with van der Waals surface area (Å²) in [6.07, 6.45) is -7.87. The third-order valence-electron chi connectivity index (χ3n) is 9.64. The fourth-order valence-electron chi connectivity index (χ4n) is 6.99. The number of imidazole rings is 2. The number of hydrogen-bond acceptors (Lipinski definition) is 18. The molecule has 9 unspecified atom stereocenters. The average Bonchev–Trinajstić information content (AvgIpc) is 3.96. The van der Waals surface area contributed by atoms with Crippen molar-refractivity contribution >= 4 is 60.5 Å². The van der Waals surface area contributed by atoms with Crippen molar-refractivity contribution in [1.29, 1.82) is 0 Å². The van der Waals surface area contributed by atoms with Gasteiger partial charge in [-0.1, -0.05) is 42.5 Å². The van der Waals surface area contributed by atoms with Crippen LogP contribution in [-0.2, 0) is 43.5 Å². The Morgan fingerprint density at radius 1 is 0.862 bits per heavy atom. The van der Waals surface area contributed by atoms with Crippen LogP contribution in [0.5, 0.6) is 0 Å². The molecule has 24 nitrogen and oxygen atoms in total. The van der Waals surface area contributed by atoms with Crippen LogP contribution in [0.3, 0.4) is 0 Å². The Balaban J connectivity index is 0.999. The topological polar surface area (TPSA) is 336 Å². The molecule has 0 bridgehead atoms. The number of anilines is 2. The lowest BCUT2D eigenvalue weighted by atomic mass is 10.0. The number of nitrogens with zero attached hydrogens (tertiary/aromatic N) is 7. The molecule has 0 radical (unpaired) electrons. The Labute approximate surface area is 325 Å². The smallest absolute Gasteiger partial charge is 0.387 e. The van der Waals surface area contributed by atoms with Crippen LogP contribution in [0.1, 0.15) is 18.0 Å². The number of nitrogens with two attached hydrogens (primary N) is 1. The van der Waals surface area contributed by atoms with Crippen molar-refractivity contribution in [2.24, 2.45) is 0 Å². The maximum atomic E-state index is 13.5. The van der Waals surface area contributed by atoms with E-state index in [1.165, 1.54) is 24.3 Å². The summed E-state index contributed by atoms with van der Waals surface area (Å²) in [4.78, 5) is 65.5. The van der Waals surface area contributed by atoms with Gasteiger partial charge in [0.15, 0.2) is 40.6 Å². The molecule has 9 N–H and O–H groups in total. The largest absolute Gasteiger partial charge is 0.472 e. The molecule has 308 valence electrons. The number of methoxy groups -OCH3 is 1. The number of rotatable bonds is 14. The molecule has 2 fully saturated rings. The third kappa shape index (κ3) is 7.86. The van der Waals surface area contributed by atoms with Crippen LogP contribution in [-0.4, -0.2) is 121 Å². The van der Waals surface area contributed by atoms with Gasteiger partial charge in [-0.2, -0.15) is 4.98 Å². The Bertz CT molecular complexity index is 2620. The van der Waals surface area contributed by atoms with E-state index < -0.39 is 83.5 Å². The van der Waals surface area contributed by atoms with E-state index in [-0.39, 0.29) is 22.8 Å². The molecule has 0 aliphatic carbocycles. The van der Waals surface area contributed by atoms with E-state index in [4.69, 9.17) is 33.5 Å². The van der Waals surface area contributed by atoms with Gasteiger partial charge in [0, 0.05) is 13.7 Å². The van der Waals surface area contributed by atoms with Gasteiger partial charge in [-0.15, -0.1) is 0 Å². The number of aromatic nitrogens is 8. The molecule has 0 amide bonds. The second kappa shape index (κ2) is 15.8. The van der Waals surface area contributed by atoms with Crippen LogP contribution in [0.4, 0.5) is 11.8 Å². The lowest BCUT2D eigenvalue weighted by Gasteiger charge is -2.26. The van der Waals surface area contributed by atoms with Crippen LogP contribution in [0.25, 0.3) is 33.1 Å². The fourth-order valence-corrected chi connectivity index (χ4v) is 8.29. The number of benzene rings is 2. The highest BCUT2D eigenvalue weighted by molar-refractivity contribution is 7.47. The first-order valence-corrected chi connectivity index (χ1v) is 20.4. The van der Waals surface area contributed by atoms with Crippen molar-refractivity contribution in [3.05, 3.63) is 77.4 Å². The average molecular weight is 847 g/mol. The Hall–Kier alpha value is -4.78. The van der Waals surface area contributed by atoms with Crippen LogP contribution >= 0.6 is 15.6 Å². The summed E-state index contributed by atoms with van der Waals surface area (Å²) in [5.74, 6) is 0.136. The maximum absolute atomic E-state index is 13.5. The van der Waals surface area contributed by atoms with E-state index in [1.807, 2.05) is 42.5 Å². The second-order valence-corrected chi connectivity index (χ2v) is 15.9. The van der Waals surface area contributed by atoms with Gasteiger partial charge in [0.25, 0.3) is 5.56 Å². The number of phosphoric ester groups is 2. The molecule has 26 heteroatoms. The highest BCUT2D eigenvalue weighted by Crippen LogP contribution is 2.50. The minimum atomic E-state index is -5.18. The molecule has 2 aromatic carbocycles. The van der Waals surface area contributed by atoms with Crippen LogP contribution < -0.4 is 16.6 Å². The number of nitrogen functional groups attached to an aromatic ring is 1. The number of hydrogen-bond donors (Lipinski definition) is 8. The summed E-state index contributed by atoms with van der Waals surface area (Å²) >= 11 is 0. The SMILES string of the molecule is COC1C(OP(=O)(O)OCC2OC(n3cnc4c(=O)[nH]c(N)nc43)C(O)C2O)C(COP(=O)(O)O)OC1n1cnc2c(NCc3cccc4ccccc34)ncnc21. The number of phosphoric acid groups is 2. The number of H-pyrrole nitrogens is 1. The third-order valence-corrected chi connectivity index (χ3v) is 11.1. The first-order chi connectivity index (χ1) is 27.7. The normalized spacial score (nSPS) is 26.2. The highest BCUT2D eigenvalue weighted by Gasteiger charge is 2.52. The van der Waals surface area contributed by atoms with Crippen molar-refractivity contribution in [2.75, 3.05) is 31.4 Å². The van der Waals surface area contributed by atoms with Gasteiger partial charge in [0.1, 0.15) is 43.0 Å². The number of aliphatic hydroxyl groups excluding tert-OH is 2. The quantitative estimate of drug-likeness (QED) is 0.0690. The summed E-state index contributed by atoms with van der Waals surface area (Å²) in [5.41, 5.74) is 6.38. The molecule has 8 rings (SSSR count). The van der Waals surface area contributed by atoms with E-state index in [0.29, 0.717) is 17.9 Å². The van der Waals surface area contributed by atoms with E-state index in [9.17, 15) is 38.8 Å². The molecule has 0 spiro atoms. The standard InChI is InChI=1S/C32H36N10O14P2/c1-51-25-24(56-58(49,50)53-10-18-22(43)23(44)30(54-18)42-14-38-21-28(42)39-32(33)40-29(21)45)19(11-52-57(46,47)48)55-31(25)41-13-37-20-26(35-12-36-27(20)41)34-9-16-7-4-6-15-5-2-3-8-17(15)16/h2-8,12-14,18-19,22-25,30-31,43-44H,9-11H2,1H3,(H,49,50)(H,34,35,36)(H2,46,47,48)(H3,33,39,40,45). The van der Waals surface area contributed by atoms with E-state index in [1.54, 1.807) is 0 Å². The number of fused-ring (bicyclic) bond motifs is 3. The van der Waals surface area contributed by atoms with E-state index in [0.717, 1.165) is 27.2 Å². The van der Waals surface area contributed by atoms with E-state index >= 15 is 0 Å². The van der Waals surface area contributed by atoms with Gasteiger partial charge in [0.05, 0.1) is 25.9 Å². The van der Waals surface area contributed by atoms with Gasteiger partial charge >= 0.3 is 15.6 Å². The van der Waals surface area contributed by atoms with Crippen LogP contribution in [0, 0.1) is 0 Å². The zero-order chi connectivity index (χ0) is 40.9. The van der Waals surface area contributed by atoms with Gasteiger partial charge in [-0.25, -0.2) is 29.1 Å². The molecular formula is C32H36N10O14P2. The Morgan fingerprint density at radius 2 is 1.57 bits per heavy atom. The highest BCUT2D eigenvalue weighted by atomic mass is 31.2. The number of ether oxygens (including phenoxy) is 3. The number of aromatic amines is 1. The molecule has 2 aliphatic heterocycles. The number of nitrogens with one attached hydrogen (secondary N) is 2. The Morgan fingerprint density at radius 3 is 2.34 bits per heavy atom. The predicted molar refractivity (Wildman–Crippen MR) is 198 cm³/mol. The van der Waals surface area contributed by atoms with Crippen LogP contribution in [0.15, 0.2) is 66.2 Å². The molecule has 6 aromatic rings. The van der Waals surface area contributed by atoms with E-state index in [2.05, 4.69) is 35.2 Å². The Kier molecular flexibility index (Phi) is 10.9. The van der Waals surface area contributed by atoms with Gasteiger partial charge in [-0.05, 0) is 16.3 Å². The molecule has 6 heterocycles. The molecule has 9 atom stereocenters. The molecule has 0 saturated carbocycles. The van der Waals surface area contributed by atoms with Gasteiger partial charge < -0.3 is 50.2 Å². The fraction of sp³-hybridized carbons (Fsp3) is 0.375. The van der Waals surface area contributed by atoms with Crippen LogP contribution in [0.2, 0.25) is 0 Å². The first-order valence-electron chi connectivity index (χ1n) is 17.4. The zero-order valence-electron chi connectivity index (χ0n) is 30.0. The second-order valence-electron chi connectivity index (χ2n) is 13.2.